The van der Waals surface area contributed by atoms with Gasteiger partial charge in [-0.15, -0.1) is 11.8 Å². The van der Waals surface area contributed by atoms with Crippen LogP contribution in [0.4, 0.5) is 0 Å². The predicted molar refractivity (Wildman–Crippen MR) is 65.4 cm³/mol. The molecule has 0 spiro atoms. The summed E-state index contributed by atoms with van der Waals surface area (Å²) in [6, 6.07) is 10.8. The largest absolute Gasteiger partial charge is 0.379 e. The molecule has 1 aromatic rings. The van der Waals surface area contributed by atoms with E-state index in [2.05, 4.69) is 29.7 Å². The van der Waals surface area contributed by atoms with Crippen LogP contribution in [0.15, 0.2) is 35.2 Å². The summed E-state index contributed by atoms with van der Waals surface area (Å²) in [5.74, 6) is 1.58. The Kier molecular flexibility index (Phi) is 4.66. The number of benzene rings is 1. The quantitative estimate of drug-likeness (QED) is 0.628. The molecule has 1 heterocycles. The van der Waals surface area contributed by atoms with Crippen LogP contribution in [-0.2, 0) is 9.57 Å². The summed E-state index contributed by atoms with van der Waals surface area (Å²) in [5, 5.41) is 0. The third-order valence-corrected chi connectivity index (χ3v) is 3.88. The van der Waals surface area contributed by atoms with Gasteiger partial charge in [0.15, 0.2) is 0 Å². The van der Waals surface area contributed by atoms with Crippen LogP contribution in [0, 0.1) is 5.92 Å². The molecule has 1 fully saturated rings. The number of rotatable bonds is 5. The molecule has 1 aliphatic rings. The average Bonchev–Trinajstić information content (AvgIpc) is 2.76. The fourth-order valence-electron chi connectivity index (χ4n) is 1.76. The van der Waals surface area contributed by atoms with Crippen molar-refractivity contribution < 1.29 is 9.57 Å². The highest BCUT2D eigenvalue weighted by Crippen LogP contribution is 2.24. The first-order valence-corrected chi connectivity index (χ1v) is 6.43. The van der Waals surface area contributed by atoms with E-state index >= 15 is 0 Å². The number of thioether (sulfide) groups is 1. The van der Waals surface area contributed by atoms with Gasteiger partial charge in [0.25, 0.3) is 0 Å². The zero-order valence-corrected chi connectivity index (χ0v) is 10.2. The maximum Gasteiger partial charge on any atom is 0.0646 e. The maximum absolute atomic E-state index is 5.45. The number of hydrogen-bond acceptors (Lipinski definition) is 4. The van der Waals surface area contributed by atoms with Crippen molar-refractivity contribution in [1.82, 2.24) is 5.48 Å². The predicted octanol–water partition coefficient (Wildman–Crippen LogP) is 1.94. The van der Waals surface area contributed by atoms with E-state index in [1.807, 2.05) is 17.8 Å². The van der Waals surface area contributed by atoms with Gasteiger partial charge in [-0.3, -0.25) is 0 Å². The van der Waals surface area contributed by atoms with E-state index in [0.29, 0.717) is 12.0 Å². The molecule has 0 radical (unpaired) electrons. The van der Waals surface area contributed by atoms with E-state index in [-0.39, 0.29) is 0 Å². The molecule has 0 aliphatic carbocycles. The van der Waals surface area contributed by atoms with E-state index in [4.69, 9.17) is 9.57 Å². The van der Waals surface area contributed by atoms with Gasteiger partial charge in [-0.2, -0.15) is 5.48 Å². The standard InChI is InChI=1S/C12H17NO2S/c1-14-13-12-8-15-7-10(12)9-16-11-5-3-2-4-6-11/h2-6,10,12-13H,7-9H2,1H3. The monoisotopic (exact) mass is 239 g/mol. The Morgan fingerprint density at radius 3 is 2.94 bits per heavy atom. The molecule has 1 saturated heterocycles. The summed E-state index contributed by atoms with van der Waals surface area (Å²) in [6.45, 7) is 1.56. The number of ether oxygens (including phenoxy) is 1. The summed E-state index contributed by atoms with van der Waals surface area (Å²) in [5.41, 5.74) is 2.99. The Morgan fingerprint density at radius 1 is 1.38 bits per heavy atom. The summed E-state index contributed by atoms with van der Waals surface area (Å²) >= 11 is 1.87. The molecule has 1 aliphatic heterocycles. The van der Waals surface area contributed by atoms with Crippen LogP contribution in [0.1, 0.15) is 0 Å². The zero-order chi connectivity index (χ0) is 11.2. The summed E-state index contributed by atoms with van der Waals surface area (Å²) < 4.78 is 5.45. The zero-order valence-electron chi connectivity index (χ0n) is 9.39. The summed E-state index contributed by atoms with van der Waals surface area (Å²) in [4.78, 5) is 6.28. The van der Waals surface area contributed by atoms with E-state index in [9.17, 15) is 0 Å². The lowest BCUT2D eigenvalue weighted by Crippen LogP contribution is -2.35. The van der Waals surface area contributed by atoms with Crippen LogP contribution in [-0.4, -0.2) is 32.1 Å². The van der Waals surface area contributed by atoms with E-state index in [1.165, 1.54) is 4.90 Å². The van der Waals surface area contributed by atoms with E-state index in [1.54, 1.807) is 7.11 Å². The molecule has 4 heteroatoms. The highest BCUT2D eigenvalue weighted by molar-refractivity contribution is 7.99. The van der Waals surface area contributed by atoms with E-state index < -0.39 is 0 Å². The van der Waals surface area contributed by atoms with Gasteiger partial charge < -0.3 is 9.57 Å². The van der Waals surface area contributed by atoms with Gasteiger partial charge in [-0.1, -0.05) is 18.2 Å². The average molecular weight is 239 g/mol. The van der Waals surface area contributed by atoms with Crippen molar-refractivity contribution in [3.05, 3.63) is 30.3 Å². The molecule has 2 rings (SSSR count). The van der Waals surface area contributed by atoms with Crippen molar-refractivity contribution in [3.8, 4) is 0 Å². The topological polar surface area (TPSA) is 30.5 Å². The fourth-order valence-corrected chi connectivity index (χ4v) is 2.85. The van der Waals surface area contributed by atoms with Gasteiger partial charge in [-0.25, -0.2) is 0 Å². The van der Waals surface area contributed by atoms with Crippen LogP contribution in [0.5, 0.6) is 0 Å². The minimum Gasteiger partial charge on any atom is -0.379 e. The first-order chi connectivity index (χ1) is 7.90. The molecular formula is C12H17NO2S. The molecule has 0 saturated carbocycles. The van der Waals surface area contributed by atoms with Gasteiger partial charge >= 0.3 is 0 Å². The second kappa shape index (κ2) is 6.25. The Bertz CT molecular complexity index is 307. The van der Waals surface area contributed by atoms with Crippen molar-refractivity contribution in [3.63, 3.8) is 0 Å². The smallest absolute Gasteiger partial charge is 0.0646 e. The van der Waals surface area contributed by atoms with Crippen LogP contribution in [0.3, 0.4) is 0 Å². The van der Waals surface area contributed by atoms with Gasteiger partial charge in [0.05, 0.1) is 26.4 Å². The Hall–Kier alpha value is -0.550. The third kappa shape index (κ3) is 3.22. The molecule has 0 amide bonds. The van der Waals surface area contributed by atoms with Crippen LogP contribution < -0.4 is 5.48 Å². The molecule has 3 nitrogen and oxygen atoms in total. The lowest BCUT2D eigenvalue weighted by molar-refractivity contribution is 0.0493. The minimum atomic E-state index is 0.321. The van der Waals surface area contributed by atoms with Gasteiger partial charge in [0, 0.05) is 16.6 Å². The molecule has 88 valence electrons. The minimum absolute atomic E-state index is 0.321. The molecule has 2 atom stereocenters. The van der Waals surface area contributed by atoms with Crippen molar-refractivity contribution in [2.24, 2.45) is 5.92 Å². The van der Waals surface area contributed by atoms with Crippen molar-refractivity contribution in [2.45, 2.75) is 10.9 Å². The first-order valence-electron chi connectivity index (χ1n) is 5.44. The van der Waals surface area contributed by atoms with Gasteiger partial charge in [-0.05, 0) is 12.1 Å². The number of hydroxylamine groups is 1. The van der Waals surface area contributed by atoms with Crippen molar-refractivity contribution >= 4 is 11.8 Å². The second-order valence-corrected chi connectivity index (χ2v) is 4.94. The molecule has 0 bridgehead atoms. The number of nitrogens with one attached hydrogen (secondary N) is 1. The third-order valence-electron chi connectivity index (χ3n) is 2.67. The Labute approximate surface area is 100 Å². The first kappa shape index (κ1) is 11.9. The van der Waals surface area contributed by atoms with Gasteiger partial charge in [0.2, 0.25) is 0 Å². The van der Waals surface area contributed by atoms with Gasteiger partial charge in [0.1, 0.15) is 0 Å². The highest BCUT2D eigenvalue weighted by Gasteiger charge is 2.28. The molecule has 16 heavy (non-hydrogen) atoms. The van der Waals surface area contributed by atoms with Crippen LogP contribution >= 0.6 is 11.8 Å². The SMILES string of the molecule is CONC1COCC1CSc1ccccc1. The van der Waals surface area contributed by atoms with E-state index in [0.717, 1.165) is 19.0 Å². The molecule has 0 aromatic heterocycles. The normalized spacial score (nSPS) is 24.8. The molecule has 1 aromatic carbocycles. The van der Waals surface area contributed by atoms with Crippen LogP contribution in [0.25, 0.3) is 0 Å². The lowest BCUT2D eigenvalue weighted by Gasteiger charge is -2.16. The van der Waals surface area contributed by atoms with Crippen molar-refractivity contribution in [2.75, 3.05) is 26.1 Å². The molecular weight excluding hydrogens is 222 g/mol. The highest BCUT2D eigenvalue weighted by atomic mass is 32.2. The van der Waals surface area contributed by atoms with Crippen molar-refractivity contribution in [1.29, 1.82) is 0 Å². The molecule has 2 unspecified atom stereocenters. The summed E-state index contributed by atoms with van der Waals surface area (Å²) in [7, 11) is 1.65. The fraction of sp³-hybridized carbons (Fsp3) is 0.500. The number of hydrogen-bond donors (Lipinski definition) is 1. The summed E-state index contributed by atoms with van der Waals surface area (Å²) in [6.07, 6.45) is 0. The maximum atomic E-state index is 5.45. The Morgan fingerprint density at radius 2 is 2.19 bits per heavy atom. The Balaban J connectivity index is 1.81. The van der Waals surface area contributed by atoms with Crippen LogP contribution in [0.2, 0.25) is 0 Å². The molecule has 1 N–H and O–H groups in total. The second-order valence-electron chi connectivity index (χ2n) is 3.85. The lowest BCUT2D eigenvalue weighted by atomic mass is 10.1.